The van der Waals surface area contributed by atoms with E-state index < -0.39 is 0 Å². The molecule has 1 rings (SSSR count). The van der Waals surface area contributed by atoms with Crippen LogP contribution in [0.15, 0.2) is 30.3 Å². The molecule has 0 amide bonds. The Kier molecular flexibility index (Phi) is 5.43. The highest BCUT2D eigenvalue weighted by Crippen LogP contribution is 2.15. The molecule has 17 heavy (non-hydrogen) atoms. The third-order valence-electron chi connectivity index (χ3n) is 2.32. The van der Waals surface area contributed by atoms with Crippen molar-refractivity contribution < 1.29 is 14.3 Å². The Morgan fingerprint density at radius 1 is 1.35 bits per heavy atom. The molecule has 3 heteroatoms. The first-order valence-electron chi connectivity index (χ1n) is 5.66. The van der Waals surface area contributed by atoms with E-state index in [0.717, 1.165) is 11.3 Å². The zero-order chi connectivity index (χ0) is 12.7. The normalized spacial score (nSPS) is 12.6. The van der Waals surface area contributed by atoms with Gasteiger partial charge in [0, 0.05) is 13.5 Å². The predicted molar refractivity (Wildman–Crippen MR) is 67.9 cm³/mol. The fourth-order valence-corrected chi connectivity index (χ4v) is 1.20. The van der Waals surface area contributed by atoms with Crippen molar-refractivity contribution >= 4 is 11.9 Å². The van der Waals surface area contributed by atoms with Gasteiger partial charge in [-0.3, -0.25) is 4.79 Å². The molecule has 0 aliphatic heterocycles. The van der Waals surface area contributed by atoms with Crippen LogP contribution in [0.5, 0.6) is 5.75 Å². The van der Waals surface area contributed by atoms with E-state index in [1.54, 1.807) is 19.3 Å². The van der Waals surface area contributed by atoms with Crippen LogP contribution in [-0.2, 0) is 9.53 Å². The summed E-state index contributed by atoms with van der Waals surface area (Å²) in [5.74, 6) is 0.872. The van der Waals surface area contributed by atoms with Crippen LogP contribution < -0.4 is 4.74 Å². The first-order chi connectivity index (χ1) is 8.15. The Bertz CT molecular complexity index is 379. The van der Waals surface area contributed by atoms with E-state index in [1.165, 1.54) is 0 Å². The van der Waals surface area contributed by atoms with Gasteiger partial charge >= 0.3 is 0 Å². The molecule has 1 unspecified atom stereocenters. The fraction of sp³-hybridized carbons (Fsp3) is 0.357. The van der Waals surface area contributed by atoms with Crippen LogP contribution in [-0.4, -0.2) is 19.2 Å². The van der Waals surface area contributed by atoms with Gasteiger partial charge in [-0.15, -0.1) is 0 Å². The van der Waals surface area contributed by atoms with Gasteiger partial charge in [-0.05, 0) is 30.7 Å². The van der Waals surface area contributed by atoms with E-state index in [4.69, 9.17) is 9.47 Å². The topological polar surface area (TPSA) is 35.5 Å². The SMILES string of the molecule is CCC(=O)/C=C/c1ccc(OC(C)OC)cc1. The number of ether oxygens (including phenoxy) is 2. The molecular weight excluding hydrogens is 216 g/mol. The molecule has 92 valence electrons. The second-order valence-electron chi connectivity index (χ2n) is 3.64. The van der Waals surface area contributed by atoms with Gasteiger partial charge in [0.15, 0.2) is 12.1 Å². The zero-order valence-electron chi connectivity index (χ0n) is 10.5. The average Bonchev–Trinajstić information content (AvgIpc) is 2.37. The van der Waals surface area contributed by atoms with Crippen LogP contribution in [0.4, 0.5) is 0 Å². The van der Waals surface area contributed by atoms with Crippen molar-refractivity contribution in [3.05, 3.63) is 35.9 Å². The molecule has 3 nitrogen and oxygen atoms in total. The van der Waals surface area contributed by atoms with E-state index in [-0.39, 0.29) is 12.1 Å². The number of methoxy groups -OCH3 is 1. The summed E-state index contributed by atoms with van der Waals surface area (Å²) in [6.45, 7) is 3.67. The number of allylic oxidation sites excluding steroid dienone is 1. The Hall–Kier alpha value is -1.61. The van der Waals surface area contributed by atoms with Crippen LogP contribution in [0.3, 0.4) is 0 Å². The predicted octanol–water partition coefficient (Wildman–Crippen LogP) is 3.05. The van der Waals surface area contributed by atoms with Crippen molar-refractivity contribution in [2.24, 2.45) is 0 Å². The van der Waals surface area contributed by atoms with Crippen LogP contribution in [0, 0.1) is 0 Å². The zero-order valence-corrected chi connectivity index (χ0v) is 10.5. The molecule has 1 aromatic rings. The third-order valence-corrected chi connectivity index (χ3v) is 2.32. The molecule has 0 bridgehead atoms. The summed E-state index contributed by atoms with van der Waals surface area (Å²) in [4.78, 5) is 11.1. The molecule has 0 saturated heterocycles. The minimum atomic E-state index is -0.266. The number of carbonyl (C=O) groups is 1. The molecule has 1 aromatic carbocycles. The molecular formula is C14H18O3. The standard InChI is InChI=1S/C14H18O3/c1-4-13(15)8-5-12-6-9-14(10-7-12)17-11(2)16-3/h5-11H,4H2,1-3H3/b8-5+. The van der Waals surface area contributed by atoms with Gasteiger partial charge in [-0.25, -0.2) is 0 Å². The Balaban J connectivity index is 2.62. The summed E-state index contributed by atoms with van der Waals surface area (Å²) < 4.78 is 10.4. The molecule has 0 spiro atoms. The van der Waals surface area contributed by atoms with Gasteiger partial charge < -0.3 is 9.47 Å². The van der Waals surface area contributed by atoms with Gasteiger partial charge in [-0.1, -0.05) is 25.1 Å². The van der Waals surface area contributed by atoms with Crippen LogP contribution in [0.25, 0.3) is 6.08 Å². The molecule has 0 radical (unpaired) electrons. The summed E-state index contributed by atoms with van der Waals surface area (Å²) in [5.41, 5.74) is 0.976. The minimum absolute atomic E-state index is 0.123. The van der Waals surface area contributed by atoms with E-state index in [1.807, 2.05) is 38.1 Å². The molecule has 0 fully saturated rings. The van der Waals surface area contributed by atoms with Crippen molar-refractivity contribution in [3.8, 4) is 5.75 Å². The van der Waals surface area contributed by atoms with Crippen molar-refractivity contribution in [3.63, 3.8) is 0 Å². The first-order valence-corrected chi connectivity index (χ1v) is 5.66. The van der Waals surface area contributed by atoms with Gasteiger partial charge in [0.2, 0.25) is 0 Å². The van der Waals surface area contributed by atoms with E-state index in [9.17, 15) is 4.79 Å². The number of hydrogen-bond acceptors (Lipinski definition) is 3. The molecule has 1 atom stereocenters. The first kappa shape index (κ1) is 13.5. The third kappa shape index (κ3) is 4.83. The Labute approximate surface area is 102 Å². The molecule has 0 aliphatic rings. The highest BCUT2D eigenvalue weighted by atomic mass is 16.7. The van der Waals surface area contributed by atoms with Gasteiger partial charge in [0.25, 0.3) is 0 Å². The fourth-order valence-electron chi connectivity index (χ4n) is 1.20. The summed E-state index contributed by atoms with van der Waals surface area (Å²) in [6.07, 6.45) is 3.66. The number of ketones is 1. The number of rotatable bonds is 6. The second kappa shape index (κ2) is 6.86. The van der Waals surface area contributed by atoms with Crippen LogP contribution in [0.2, 0.25) is 0 Å². The summed E-state index contributed by atoms with van der Waals surface area (Å²) in [6, 6.07) is 7.51. The molecule has 0 N–H and O–H groups in total. The van der Waals surface area contributed by atoms with Crippen LogP contribution in [0.1, 0.15) is 25.8 Å². The van der Waals surface area contributed by atoms with Crippen molar-refractivity contribution in [1.29, 1.82) is 0 Å². The Morgan fingerprint density at radius 3 is 2.53 bits per heavy atom. The van der Waals surface area contributed by atoms with E-state index in [2.05, 4.69) is 0 Å². The average molecular weight is 234 g/mol. The quantitative estimate of drug-likeness (QED) is 0.560. The maximum absolute atomic E-state index is 11.1. The second-order valence-corrected chi connectivity index (χ2v) is 3.64. The maximum Gasteiger partial charge on any atom is 0.196 e. The smallest absolute Gasteiger partial charge is 0.196 e. The largest absolute Gasteiger partial charge is 0.465 e. The molecule has 0 aliphatic carbocycles. The van der Waals surface area contributed by atoms with Gasteiger partial charge in [0.1, 0.15) is 5.75 Å². The summed E-state index contributed by atoms with van der Waals surface area (Å²) in [5, 5.41) is 0. The van der Waals surface area contributed by atoms with E-state index in [0.29, 0.717) is 6.42 Å². The highest BCUT2D eigenvalue weighted by Gasteiger charge is 2.00. The van der Waals surface area contributed by atoms with Gasteiger partial charge in [-0.2, -0.15) is 0 Å². The number of hydrogen-bond donors (Lipinski definition) is 0. The van der Waals surface area contributed by atoms with Crippen molar-refractivity contribution in [1.82, 2.24) is 0 Å². The maximum atomic E-state index is 11.1. The summed E-state index contributed by atoms with van der Waals surface area (Å²) >= 11 is 0. The number of carbonyl (C=O) groups excluding carboxylic acids is 1. The molecule has 0 aromatic heterocycles. The summed E-state index contributed by atoms with van der Waals surface area (Å²) in [7, 11) is 1.60. The number of benzene rings is 1. The van der Waals surface area contributed by atoms with Crippen molar-refractivity contribution in [2.45, 2.75) is 26.6 Å². The molecule has 0 saturated carbocycles. The Morgan fingerprint density at radius 2 is 2.00 bits per heavy atom. The van der Waals surface area contributed by atoms with Crippen LogP contribution >= 0.6 is 0 Å². The monoisotopic (exact) mass is 234 g/mol. The minimum Gasteiger partial charge on any atom is -0.465 e. The lowest BCUT2D eigenvalue weighted by Crippen LogP contribution is -2.13. The lowest BCUT2D eigenvalue weighted by molar-refractivity contribution is -0.114. The van der Waals surface area contributed by atoms with Crippen molar-refractivity contribution in [2.75, 3.05) is 7.11 Å². The lowest BCUT2D eigenvalue weighted by Gasteiger charge is -2.12. The lowest BCUT2D eigenvalue weighted by atomic mass is 10.2. The van der Waals surface area contributed by atoms with Gasteiger partial charge in [0.05, 0.1) is 0 Å². The highest BCUT2D eigenvalue weighted by molar-refractivity contribution is 5.93. The molecule has 0 heterocycles. The van der Waals surface area contributed by atoms with E-state index >= 15 is 0 Å².